The second-order valence-electron chi connectivity index (χ2n) is 2.90. The molecule has 1 aromatic carbocycles. The van der Waals surface area contributed by atoms with Crippen LogP contribution in [-0.4, -0.2) is 28.5 Å². The van der Waals surface area contributed by atoms with Crippen molar-refractivity contribution in [1.82, 2.24) is 10.2 Å². The summed E-state index contributed by atoms with van der Waals surface area (Å²) in [6.07, 6.45) is 0. The summed E-state index contributed by atoms with van der Waals surface area (Å²) < 4.78 is 5.30. The molecule has 1 aromatic heterocycles. The molecular weight excluding hydrogens is 182 g/mol. The molecule has 14 heavy (non-hydrogen) atoms. The topological polar surface area (TPSA) is 84.2 Å². The van der Waals surface area contributed by atoms with Gasteiger partial charge in [-0.05, 0) is 12.1 Å². The van der Waals surface area contributed by atoms with E-state index in [1.165, 1.54) is 0 Å². The van der Waals surface area contributed by atoms with Gasteiger partial charge in [-0.3, -0.25) is 5.10 Å². The number of hydrogen-bond acceptors (Lipinski definition) is 4. The highest BCUT2D eigenvalue weighted by Crippen LogP contribution is 2.25. The van der Waals surface area contributed by atoms with Crippen LogP contribution in [0.4, 0.5) is 0 Å². The molecule has 0 spiro atoms. The highest BCUT2D eigenvalue weighted by Gasteiger charge is 2.06. The van der Waals surface area contributed by atoms with E-state index in [0.29, 0.717) is 19.0 Å². The van der Waals surface area contributed by atoms with Gasteiger partial charge in [0, 0.05) is 12.6 Å². The molecule has 2 rings (SSSR count). The van der Waals surface area contributed by atoms with Crippen LogP contribution in [0, 0.1) is 0 Å². The van der Waals surface area contributed by atoms with Gasteiger partial charge in [0.1, 0.15) is 12.4 Å². The average molecular weight is 193 g/mol. The van der Waals surface area contributed by atoms with Crippen molar-refractivity contribution in [2.24, 2.45) is 5.73 Å². The first-order valence-electron chi connectivity index (χ1n) is 4.31. The van der Waals surface area contributed by atoms with Crippen LogP contribution < -0.4 is 10.5 Å². The van der Waals surface area contributed by atoms with E-state index in [0.717, 1.165) is 10.9 Å². The van der Waals surface area contributed by atoms with Crippen molar-refractivity contribution >= 4 is 10.9 Å². The fraction of sp³-hybridized carbons (Fsp3) is 0.222. The maximum Gasteiger partial charge on any atom is 0.240 e. The molecule has 0 atom stereocenters. The summed E-state index contributed by atoms with van der Waals surface area (Å²) in [5.74, 6) is 0.719. The molecule has 0 aliphatic rings. The van der Waals surface area contributed by atoms with Crippen molar-refractivity contribution in [3.8, 4) is 11.6 Å². The SMILES string of the molecule is NCCOc1n[nH]c2cc(O)ccc12. The number of nitrogens with one attached hydrogen (secondary N) is 1. The Hall–Kier alpha value is -1.75. The number of aromatic nitrogens is 2. The van der Waals surface area contributed by atoms with E-state index < -0.39 is 0 Å². The monoisotopic (exact) mass is 193 g/mol. The number of aromatic amines is 1. The molecule has 1 heterocycles. The van der Waals surface area contributed by atoms with Crippen molar-refractivity contribution in [1.29, 1.82) is 0 Å². The summed E-state index contributed by atoms with van der Waals surface area (Å²) in [6, 6.07) is 4.94. The number of H-pyrrole nitrogens is 1. The first-order valence-corrected chi connectivity index (χ1v) is 4.31. The molecule has 4 N–H and O–H groups in total. The molecule has 0 amide bonds. The number of benzene rings is 1. The average Bonchev–Trinajstić information content (AvgIpc) is 2.57. The standard InChI is InChI=1S/C9H11N3O2/c10-3-4-14-9-7-2-1-6(13)5-8(7)11-12-9/h1-2,5,13H,3-4,10H2,(H,11,12). The van der Waals surface area contributed by atoms with Crippen molar-refractivity contribution in [3.63, 3.8) is 0 Å². The molecule has 0 radical (unpaired) electrons. The Morgan fingerprint density at radius 1 is 1.50 bits per heavy atom. The second kappa shape index (κ2) is 3.55. The van der Waals surface area contributed by atoms with E-state index >= 15 is 0 Å². The first-order chi connectivity index (χ1) is 6.81. The second-order valence-corrected chi connectivity index (χ2v) is 2.90. The molecule has 0 aliphatic carbocycles. The molecule has 2 aromatic rings. The Bertz CT molecular complexity index is 439. The number of phenolic OH excluding ortho intramolecular Hbond substituents is 1. The number of phenols is 1. The van der Waals surface area contributed by atoms with E-state index in [2.05, 4.69) is 10.2 Å². The molecule has 5 nitrogen and oxygen atoms in total. The van der Waals surface area contributed by atoms with Crippen molar-refractivity contribution in [2.45, 2.75) is 0 Å². The van der Waals surface area contributed by atoms with Gasteiger partial charge in [-0.2, -0.15) is 0 Å². The minimum atomic E-state index is 0.200. The smallest absolute Gasteiger partial charge is 0.240 e. The van der Waals surface area contributed by atoms with Crippen molar-refractivity contribution in [2.75, 3.05) is 13.2 Å². The van der Waals surface area contributed by atoms with Crippen LogP contribution in [0.3, 0.4) is 0 Å². The van der Waals surface area contributed by atoms with Crippen LogP contribution in [0.1, 0.15) is 0 Å². The van der Waals surface area contributed by atoms with Gasteiger partial charge in [0.2, 0.25) is 5.88 Å². The summed E-state index contributed by atoms with van der Waals surface area (Å²) in [4.78, 5) is 0. The highest BCUT2D eigenvalue weighted by molar-refractivity contribution is 5.84. The third-order valence-electron chi connectivity index (χ3n) is 1.87. The zero-order chi connectivity index (χ0) is 9.97. The number of nitrogens with zero attached hydrogens (tertiary/aromatic N) is 1. The van der Waals surface area contributed by atoms with Crippen LogP contribution in [0.15, 0.2) is 18.2 Å². The lowest BCUT2D eigenvalue weighted by Gasteiger charge is -1.99. The van der Waals surface area contributed by atoms with Crippen LogP contribution in [0.25, 0.3) is 10.9 Å². The number of hydrogen-bond donors (Lipinski definition) is 3. The number of fused-ring (bicyclic) bond motifs is 1. The van der Waals surface area contributed by atoms with Gasteiger partial charge >= 0.3 is 0 Å². The third kappa shape index (κ3) is 1.49. The summed E-state index contributed by atoms with van der Waals surface area (Å²) in [6.45, 7) is 0.882. The van der Waals surface area contributed by atoms with E-state index in [1.807, 2.05) is 0 Å². The lowest BCUT2D eigenvalue weighted by atomic mass is 10.2. The minimum absolute atomic E-state index is 0.200. The van der Waals surface area contributed by atoms with Gasteiger partial charge < -0.3 is 15.6 Å². The van der Waals surface area contributed by atoms with Gasteiger partial charge in [0.05, 0.1) is 10.9 Å². The van der Waals surface area contributed by atoms with Gasteiger partial charge in [-0.1, -0.05) is 0 Å². The summed E-state index contributed by atoms with van der Waals surface area (Å²) in [7, 11) is 0. The highest BCUT2D eigenvalue weighted by atomic mass is 16.5. The zero-order valence-corrected chi connectivity index (χ0v) is 7.53. The van der Waals surface area contributed by atoms with E-state index in [9.17, 15) is 5.11 Å². The molecular formula is C9H11N3O2. The van der Waals surface area contributed by atoms with Gasteiger partial charge in [0.15, 0.2) is 0 Å². The zero-order valence-electron chi connectivity index (χ0n) is 7.53. The number of aromatic hydroxyl groups is 1. The molecule has 0 saturated heterocycles. The maximum absolute atomic E-state index is 9.21. The van der Waals surface area contributed by atoms with Gasteiger partial charge in [-0.25, -0.2) is 0 Å². The number of rotatable bonds is 3. The molecule has 0 saturated carbocycles. The maximum atomic E-state index is 9.21. The lowest BCUT2D eigenvalue weighted by molar-refractivity contribution is 0.318. The van der Waals surface area contributed by atoms with Crippen LogP contribution in [-0.2, 0) is 0 Å². The number of nitrogens with two attached hydrogens (primary N) is 1. The Kier molecular flexibility index (Phi) is 2.24. The Morgan fingerprint density at radius 3 is 3.14 bits per heavy atom. The summed E-state index contributed by atoms with van der Waals surface area (Å²) in [5.41, 5.74) is 6.06. The molecule has 0 bridgehead atoms. The molecule has 0 fully saturated rings. The largest absolute Gasteiger partial charge is 0.508 e. The molecule has 74 valence electrons. The molecule has 5 heteroatoms. The van der Waals surface area contributed by atoms with E-state index in [-0.39, 0.29) is 5.75 Å². The van der Waals surface area contributed by atoms with Gasteiger partial charge in [-0.15, -0.1) is 5.10 Å². The van der Waals surface area contributed by atoms with Crippen LogP contribution in [0.5, 0.6) is 11.6 Å². The minimum Gasteiger partial charge on any atom is -0.508 e. The van der Waals surface area contributed by atoms with E-state index in [1.54, 1.807) is 18.2 Å². The molecule has 0 aliphatic heterocycles. The van der Waals surface area contributed by atoms with Crippen LogP contribution in [0.2, 0.25) is 0 Å². The molecule has 0 unspecified atom stereocenters. The van der Waals surface area contributed by atoms with E-state index in [4.69, 9.17) is 10.5 Å². The predicted molar refractivity (Wildman–Crippen MR) is 52.3 cm³/mol. The normalized spacial score (nSPS) is 10.6. The quantitative estimate of drug-likeness (QED) is 0.666. The number of ether oxygens (including phenoxy) is 1. The van der Waals surface area contributed by atoms with Crippen molar-refractivity contribution in [3.05, 3.63) is 18.2 Å². The third-order valence-corrected chi connectivity index (χ3v) is 1.87. The first kappa shape index (κ1) is 8.83. The summed E-state index contributed by atoms with van der Waals surface area (Å²) >= 11 is 0. The predicted octanol–water partition coefficient (Wildman–Crippen LogP) is 0.606. The van der Waals surface area contributed by atoms with Gasteiger partial charge in [0.25, 0.3) is 0 Å². The Morgan fingerprint density at radius 2 is 2.36 bits per heavy atom. The fourth-order valence-corrected chi connectivity index (χ4v) is 1.25. The lowest BCUT2D eigenvalue weighted by Crippen LogP contribution is -2.10. The Balaban J connectivity index is 2.37. The fourth-order valence-electron chi connectivity index (χ4n) is 1.25. The van der Waals surface area contributed by atoms with Crippen molar-refractivity contribution < 1.29 is 9.84 Å². The Labute approximate surface area is 80.5 Å². The van der Waals surface area contributed by atoms with Crippen LogP contribution >= 0.6 is 0 Å². The summed E-state index contributed by atoms with van der Waals surface area (Å²) in [5, 5.41) is 16.8.